The first-order chi connectivity index (χ1) is 10.1. The number of halogens is 1. The maximum absolute atomic E-state index is 12.8. The molecule has 1 amide bonds. The lowest BCUT2D eigenvalue weighted by molar-refractivity contribution is 0.0664. The van der Waals surface area contributed by atoms with E-state index in [4.69, 9.17) is 0 Å². The van der Waals surface area contributed by atoms with E-state index >= 15 is 0 Å². The lowest BCUT2D eigenvalue weighted by Crippen LogP contribution is -2.38. The van der Waals surface area contributed by atoms with Gasteiger partial charge in [0.05, 0.1) is 0 Å². The number of pyridine rings is 1. The van der Waals surface area contributed by atoms with Crippen molar-refractivity contribution in [2.45, 2.75) is 32.9 Å². The van der Waals surface area contributed by atoms with Gasteiger partial charge in [-0.3, -0.25) is 4.79 Å². The molecule has 110 valence electrons. The zero-order chi connectivity index (χ0) is 15.2. The van der Waals surface area contributed by atoms with Crippen LogP contribution in [0.5, 0.6) is 0 Å². The van der Waals surface area contributed by atoms with E-state index in [1.807, 2.05) is 47.4 Å². The third-order valence-corrected chi connectivity index (χ3v) is 4.18. The Morgan fingerprint density at radius 3 is 2.57 bits per heavy atom. The molecule has 0 aliphatic rings. The Morgan fingerprint density at radius 1 is 1.24 bits per heavy atom. The Balaban J connectivity index is 2.28. The third-order valence-electron chi connectivity index (χ3n) is 3.54. The van der Waals surface area contributed by atoms with Gasteiger partial charge >= 0.3 is 0 Å². The minimum atomic E-state index is -0.0410. The lowest BCUT2D eigenvalue weighted by Gasteiger charge is -2.28. The Bertz CT molecular complexity index is 601. The van der Waals surface area contributed by atoms with E-state index in [-0.39, 0.29) is 11.9 Å². The first kappa shape index (κ1) is 15.7. The molecule has 0 spiro atoms. The summed E-state index contributed by atoms with van der Waals surface area (Å²) >= 11 is 3.41. The van der Waals surface area contributed by atoms with Gasteiger partial charge in [-0.25, -0.2) is 4.98 Å². The zero-order valence-corrected chi connectivity index (χ0v) is 13.9. The summed E-state index contributed by atoms with van der Waals surface area (Å²) in [5.74, 6) is -0.0410. The number of aromatic nitrogens is 1. The van der Waals surface area contributed by atoms with Crippen LogP contribution in [0.2, 0.25) is 0 Å². The average molecular weight is 347 g/mol. The monoisotopic (exact) mass is 346 g/mol. The summed E-state index contributed by atoms with van der Waals surface area (Å²) in [7, 11) is 0. The fourth-order valence-electron chi connectivity index (χ4n) is 2.11. The van der Waals surface area contributed by atoms with Crippen molar-refractivity contribution < 1.29 is 4.79 Å². The summed E-state index contributed by atoms with van der Waals surface area (Å²) in [4.78, 5) is 18.9. The van der Waals surface area contributed by atoms with Gasteiger partial charge < -0.3 is 4.90 Å². The molecule has 2 rings (SSSR count). The molecule has 0 radical (unpaired) electrons. The van der Waals surface area contributed by atoms with Gasteiger partial charge in [0, 0.05) is 23.3 Å². The molecule has 0 fully saturated rings. The van der Waals surface area contributed by atoms with Gasteiger partial charge in [0.15, 0.2) is 0 Å². The fraction of sp³-hybridized carbons (Fsp3) is 0.294. The van der Waals surface area contributed by atoms with Gasteiger partial charge in [-0.1, -0.05) is 37.3 Å². The van der Waals surface area contributed by atoms with Crippen LogP contribution in [-0.4, -0.2) is 21.8 Å². The zero-order valence-electron chi connectivity index (χ0n) is 12.3. The maximum Gasteiger partial charge on any atom is 0.274 e. The van der Waals surface area contributed by atoms with Crippen molar-refractivity contribution in [1.29, 1.82) is 0 Å². The van der Waals surface area contributed by atoms with Crippen LogP contribution in [0.3, 0.4) is 0 Å². The number of hydrogen-bond donors (Lipinski definition) is 0. The van der Waals surface area contributed by atoms with E-state index in [0.29, 0.717) is 12.2 Å². The molecule has 21 heavy (non-hydrogen) atoms. The quantitative estimate of drug-likeness (QED) is 0.809. The molecule has 0 N–H and O–H groups in total. The number of rotatable bonds is 5. The molecule has 2 aromatic rings. The van der Waals surface area contributed by atoms with Crippen molar-refractivity contribution in [2.24, 2.45) is 0 Å². The smallest absolute Gasteiger partial charge is 0.274 e. The molecule has 1 aromatic carbocycles. The highest BCUT2D eigenvalue weighted by molar-refractivity contribution is 9.10. The highest BCUT2D eigenvalue weighted by Gasteiger charge is 2.23. The van der Waals surface area contributed by atoms with Gasteiger partial charge in [0.25, 0.3) is 5.91 Å². The Hall–Kier alpha value is -1.68. The molecule has 0 saturated heterocycles. The van der Waals surface area contributed by atoms with Crippen LogP contribution in [0.15, 0.2) is 53.1 Å². The van der Waals surface area contributed by atoms with Crippen molar-refractivity contribution in [2.75, 3.05) is 0 Å². The third kappa shape index (κ3) is 3.91. The SMILES string of the molecule is CCC(C)N(Cc1ccccc1)C(=O)c1ncccc1Br. The average Bonchev–Trinajstić information content (AvgIpc) is 2.53. The normalized spacial score (nSPS) is 12.0. The second-order valence-electron chi connectivity index (χ2n) is 5.01. The molecular formula is C17H19BrN2O. The number of carbonyl (C=O) groups excluding carboxylic acids is 1. The van der Waals surface area contributed by atoms with Crippen LogP contribution >= 0.6 is 15.9 Å². The maximum atomic E-state index is 12.8. The molecular weight excluding hydrogens is 328 g/mol. The number of benzene rings is 1. The van der Waals surface area contributed by atoms with Gasteiger partial charge in [-0.2, -0.15) is 0 Å². The van der Waals surface area contributed by atoms with E-state index in [1.54, 1.807) is 6.20 Å². The Morgan fingerprint density at radius 2 is 1.95 bits per heavy atom. The van der Waals surface area contributed by atoms with Crippen molar-refractivity contribution in [3.05, 3.63) is 64.4 Å². The van der Waals surface area contributed by atoms with Crippen LogP contribution in [0.4, 0.5) is 0 Å². The molecule has 1 heterocycles. The van der Waals surface area contributed by atoms with Crippen LogP contribution in [0.25, 0.3) is 0 Å². The summed E-state index contributed by atoms with van der Waals surface area (Å²) in [6, 6.07) is 13.9. The second-order valence-corrected chi connectivity index (χ2v) is 5.86. The van der Waals surface area contributed by atoms with Crippen molar-refractivity contribution in [1.82, 2.24) is 9.88 Å². The summed E-state index contributed by atoms with van der Waals surface area (Å²) in [6.45, 7) is 4.75. The Labute approximate surface area is 134 Å². The van der Waals surface area contributed by atoms with Gasteiger partial charge in [0.1, 0.15) is 5.69 Å². The van der Waals surface area contributed by atoms with E-state index in [2.05, 4.69) is 34.8 Å². The van der Waals surface area contributed by atoms with E-state index in [1.165, 1.54) is 0 Å². The van der Waals surface area contributed by atoms with E-state index in [9.17, 15) is 4.79 Å². The van der Waals surface area contributed by atoms with E-state index < -0.39 is 0 Å². The molecule has 0 aliphatic carbocycles. The summed E-state index contributed by atoms with van der Waals surface area (Å²) in [5, 5.41) is 0. The number of nitrogens with zero attached hydrogens (tertiary/aromatic N) is 2. The molecule has 1 aromatic heterocycles. The fourth-order valence-corrected chi connectivity index (χ4v) is 2.53. The first-order valence-corrected chi connectivity index (χ1v) is 7.88. The number of carbonyl (C=O) groups is 1. The van der Waals surface area contributed by atoms with Crippen molar-refractivity contribution >= 4 is 21.8 Å². The van der Waals surface area contributed by atoms with Crippen molar-refractivity contribution in [3.8, 4) is 0 Å². The lowest BCUT2D eigenvalue weighted by atomic mass is 10.1. The molecule has 0 aliphatic heterocycles. The van der Waals surface area contributed by atoms with Gasteiger partial charge in [-0.15, -0.1) is 0 Å². The molecule has 1 unspecified atom stereocenters. The molecule has 0 bridgehead atoms. The molecule has 3 nitrogen and oxygen atoms in total. The standard InChI is InChI=1S/C17H19BrN2O/c1-3-13(2)20(12-14-8-5-4-6-9-14)17(21)16-15(18)10-7-11-19-16/h4-11,13H,3,12H2,1-2H3. The van der Waals surface area contributed by atoms with Crippen LogP contribution < -0.4 is 0 Å². The highest BCUT2D eigenvalue weighted by Crippen LogP contribution is 2.19. The summed E-state index contributed by atoms with van der Waals surface area (Å²) in [5.41, 5.74) is 1.59. The Kier molecular flexibility index (Phi) is 5.51. The minimum Gasteiger partial charge on any atom is -0.330 e. The van der Waals surface area contributed by atoms with Crippen LogP contribution in [-0.2, 0) is 6.54 Å². The van der Waals surface area contributed by atoms with Crippen molar-refractivity contribution in [3.63, 3.8) is 0 Å². The van der Waals surface area contributed by atoms with Gasteiger partial charge in [-0.05, 0) is 47.0 Å². The highest BCUT2D eigenvalue weighted by atomic mass is 79.9. The topological polar surface area (TPSA) is 33.2 Å². The summed E-state index contributed by atoms with van der Waals surface area (Å²) < 4.78 is 0.733. The minimum absolute atomic E-state index is 0.0410. The molecule has 4 heteroatoms. The molecule has 1 atom stereocenters. The number of amides is 1. The predicted octanol–water partition coefficient (Wildman–Crippen LogP) is 4.29. The van der Waals surface area contributed by atoms with Crippen LogP contribution in [0, 0.1) is 0 Å². The predicted molar refractivity (Wildman–Crippen MR) is 88.0 cm³/mol. The molecule has 0 saturated carbocycles. The largest absolute Gasteiger partial charge is 0.330 e. The second kappa shape index (κ2) is 7.36. The summed E-state index contributed by atoms with van der Waals surface area (Å²) in [6.07, 6.45) is 2.55. The number of hydrogen-bond acceptors (Lipinski definition) is 2. The van der Waals surface area contributed by atoms with Gasteiger partial charge in [0.2, 0.25) is 0 Å². The van der Waals surface area contributed by atoms with Crippen LogP contribution in [0.1, 0.15) is 36.3 Å². The van der Waals surface area contributed by atoms with E-state index in [0.717, 1.165) is 16.5 Å². The first-order valence-electron chi connectivity index (χ1n) is 7.09.